The zero-order valence-electron chi connectivity index (χ0n) is 7.20. The Hall–Kier alpha value is -0.930. The van der Waals surface area contributed by atoms with Crippen LogP contribution in [0.5, 0.6) is 0 Å². The van der Waals surface area contributed by atoms with Gasteiger partial charge in [0.1, 0.15) is 0 Å². The van der Waals surface area contributed by atoms with E-state index >= 15 is 0 Å². The van der Waals surface area contributed by atoms with Crippen LogP contribution in [0.15, 0.2) is 24.5 Å². The number of hydrogen-bond acceptors (Lipinski definition) is 3. The van der Waals surface area contributed by atoms with E-state index in [9.17, 15) is 0 Å². The molecule has 0 spiro atoms. The number of aliphatic hydroxyl groups excluding tert-OH is 1. The highest BCUT2D eigenvalue weighted by Crippen LogP contribution is 2.20. The van der Waals surface area contributed by atoms with Gasteiger partial charge in [-0.05, 0) is 17.7 Å². The Balaban J connectivity index is 2.95. The molecule has 3 heteroatoms. The van der Waals surface area contributed by atoms with E-state index in [1.165, 1.54) is 0 Å². The minimum Gasteiger partial charge on any atom is -0.395 e. The lowest BCUT2D eigenvalue weighted by Crippen LogP contribution is -2.35. The molecule has 66 valence electrons. The molecule has 1 atom stereocenters. The van der Waals surface area contributed by atoms with Crippen molar-refractivity contribution in [2.45, 2.75) is 12.3 Å². The Bertz CT molecular complexity index is 232. The van der Waals surface area contributed by atoms with Crippen LogP contribution >= 0.6 is 0 Å². The number of aliphatic hydroxyl groups is 1. The number of nitrogens with two attached hydrogens (primary N) is 1. The summed E-state index contributed by atoms with van der Waals surface area (Å²) in [6.45, 7) is 2.43. The first kappa shape index (κ1) is 9.16. The normalized spacial score (nSPS) is 15.6. The molecule has 1 rings (SSSR count). The molecule has 0 saturated carbocycles. The third kappa shape index (κ3) is 1.62. The standard InChI is InChI=1S/C9H14N2O/c1-9(6-10,7-12)8-2-4-11-5-3-8/h2-5,12H,6-7,10H2,1H3. The molecule has 0 amide bonds. The summed E-state index contributed by atoms with van der Waals surface area (Å²) < 4.78 is 0. The molecule has 1 aromatic heterocycles. The Labute approximate surface area is 72.2 Å². The molecule has 0 fully saturated rings. The van der Waals surface area contributed by atoms with E-state index in [0.29, 0.717) is 6.54 Å². The van der Waals surface area contributed by atoms with Crippen molar-refractivity contribution in [2.75, 3.05) is 13.2 Å². The van der Waals surface area contributed by atoms with Gasteiger partial charge < -0.3 is 10.8 Å². The summed E-state index contributed by atoms with van der Waals surface area (Å²) in [5.74, 6) is 0. The van der Waals surface area contributed by atoms with Gasteiger partial charge >= 0.3 is 0 Å². The fourth-order valence-corrected chi connectivity index (χ4v) is 1.03. The van der Waals surface area contributed by atoms with Gasteiger partial charge in [-0.15, -0.1) is 0 Å². The zero-order chi connectivity index (χ0) is 9.03. The molecule has 0 aliphatic heterocycles. The largest absolute Gasteiger partial charge is 0.395 e. The molecule has 0 bridgehead atoms. The van der Waals surface area contributed by atoms with Gasteiger partial charge in [0, 0.05) is 24.4 Å². The number of aromatic nitrogens is 1. The first-order chi connectivity index (χ1) is 5.73. The summed E-state index contributed by atoms with van der Waals surface area (Å²) in [5.41, 5.74) is 6.27. The van der Waals surface area contributed by atoms with Crippen LogP contribution in [0, 0.1) is 0 Å². The summed E-state index contributed by atoms with van der Waals surface area (Å²) in [4.78, 5) is 3.91. The number of hydrogen-bond donors (Lipinski definition) is 2. The van der Waals surface area contributed by atoms with Crippen LogP contribution in [-0.2, 0) is 5.41 Å². The molecule has 0 saturated heterocycles. The maximum absolute atomic E-state index is 9.14. The van der Waals surface area contributed by atoms with E-state index in [0.717, 1.165) is 5.56 Å². The van der Waals surface area contributed by atoms with E-state index in [4.69, 9.17) is 10.8 Å². The van der Waals surface area contributed by atoms with Crippen LogP contribution in [0.2, 0.25) is 0 Å². The molecule has 0 radical (unpaired) electrons. The van der Waals surface area contributed by atoms with Crippen LogP contribution in [0.3, 0.4) is 0 Å². The molecule has 1 unspecified atom stereocenters. The third-order valence-electron chi connectivity index (χ3n) is 2.18. The summed E-state index contributed by atoms with van der Waals surface area (Å²) in [7, 11) is 0. The lowest BCUT2D eigenvalue weighted by atomic mass is 9.84. The maximum Gasteiger partial charge on any atom is 0.0537 e. The molecule has 12 heavy (non-hydrogen) atoms. The minimum atomic E-state index is -0.330. The second-order valence-corrected chi connectivity index (χ2v) is 3.16. The van der Waals surface area contributed by atoms with E-state index < -0.39 is 0 Å². The van der Waals surface area contributed by atoms with Crippen LogP contribution in [-0.4, -0.2) is 23.2 Å². The van der Waals surface area contributed by atoms with Crippen molar-refractivity contribution in [1.82, 2.24) is 4.98 Å². The molecule has 0 aliphatic carbocycles. The Morgan fingerprint density at radius 3 is 2.50 bits per heavy atom. The lowest BCUT2D eigenvalue weighted by molar-refractivity contribution is 0.210. The van der Waals surface area contributed by atoms with Gasteiger partial charge in [-0.2, -0.15) is 0 Å². The van der Waals surface area contributed by atoms with Crippen LogP contribution in [0.4, 0.5) is 0 Å². The Kier molecular flexibility index (Phi) is 2.78. The number of nitrogens with zero attached hydrogens (tertiary/aromatic N) is 1. The van der Waals surface area contributed by atoms with E-state index in [1.54, 1.807) is 12.4 Å². The number of pyridine rings is 1. The highest BCUT2D eigenvalue weighted by molar-refractivity contribution is 5.22. The maximum atomic E-state index is 9.14. The zero-order valence-corrected chi connectivity index (χ0v) is 7.20. The summed E-state index contributed by atoms with van der Waals surface area (Å²) in [5, 5.41) is 9.14. The monoisotopic (exact) mass is 166 g/mol. The highest BCUT2D eigenvalue weighted by atomic mass is 16.3. The minimum absolute atomic E-state index is 0.0630. The first-order valence-corrected chi connectivity index (χ1v) is 3.94. The van der Waals surface area contributed by atoms with Crippen molar-refractivity contribution in [2.24, 2.45) is 5.73 Å². The van der Waals surface area contributed by atoms with Crippen molar-refractivity contribution >= 4 is 0 Å². The van der Waals surface area contributed by atoms with E-state index in [-0.39, 0.29) is 12.0 Å². The predicted octanol–water partition coefficient (Wildman–Crippen LogP) is 0.290. The molecule has 1 heterocycles. The summed E-state index contributed by atoms with van der Waals surface area (Å²) in [6, 6.07) is 3.76. The van der Waals surface area contributed by atoms with E-state index in [2.05, 4.69) is 4.98 Å². The van der Waals surface area contributed by atoms with Gasteiger partial charge in [0.15, 0.2) is 0 Å². The average Bonchev–Trinajstić information content (AvgIpc) is 2.18. The van der Waals surface area contributed by atoms with Gasteiger partial charge in [-0.1, -0.05) is 6.92 Å². The molecule has 0 aromatic carbocycles. The molecule has 0 aliphatic rings. The van der Waals surface area contributed by atoms with Crippen LogP contribution in [0.25, 0.3) is 0 Å². The third-order valence-corrected chi connectivity index (χ3v) is 2.18. The van der Waals surface area contributed by atoms with Gasteiger partial charge in [-0.3, -0.25) is 4.98 Å². The van der Waals surface area contributed by atoms with Gasteiger partial charge in [0.25, 0.3) is 0 Å². The van der Waals surface area contributed by atoms with Gasteiger partial charge in [-0.25, -0.2) is 0 Å². The second kappa shape index (κ2) is 3.65. The predicted molar refractivity (Wildman–Crippen MR) is 47.7 cm³/mol. The van der Waals surface area contributed by atoms with Crippen molar-refractivity contribution in [3.05, 3.63) is 30.1 Å². The fraction of sp³-hybridized carbons (Fsp3) is 0.444. The average molecular weight is 166 g/mol. The second-order valence-electron chi connectivity index (χ2n) is 3.16. The quantitative estimate of drug-likeness (QED) is 0.678. The lowest BCUT2D eigenvalue weighted by Gasteiger charge is -2.25. The van der Waals surface area contributed by atoms with Crippen molar-refractivity contribution in [3.63, 3.8) is 0 Å². The van der Waals surface area contributed by atoms with Crippen LogP contribution < -0.4 is 5.73 Å². The molecule has 1 aromatic rings. The SMILES string of the molecule is CC(CN)(CO)c1ccncc1. The van der Waals surface area contributed by atoms with Gasteiger partial charge in [0.2, 0.25) is 0 Å². The molecule has 3 N–H and O–H groups in total. The van der Waals surface area contributed by atoms with Crippen LogP contribution in [0.1, 0.15) is 12.5 Å². The number of rotatable bonds is 3. The smallest absolute Gasteiger partial charge is 0.0537 e. The molecular formula is C9H14N2O. The molecular weight excluding hydrogens is 152 g/mol. The summed E-state index contributed by atoms with van der Waals surface area (Å²) in [6.07, 6.45) is 3.41. The summed E-state index contributed by atoms with van der Waals surface area (Å²) >= 11 is 0. The fourth-order valence-electron chi connectivity index (χ4n) is 1.03. The molecule has 3 nitrogen and oxygen atoms in total. The topological polar surface area (TPSA) is 59.1 Å². The van der Waals surface area contributed by atoms with Crippen molar-refractivity contribution < 1.29 is 5.11 Å². The van der Waals surface area contributed by atoms with Gasteiger partial charge in [0.05, 0.1) is 6.61 Å². The highest BCUT2D eigenvalue weighted by Gasteiger charge is 2.23. The van der Waals surface area contributed by atoms with Crippen molar-refractivity contribution in [1.29, 1.82) is 0 Å². The first-order valence-electron chi connectivity index (χ1n) is 3.94. The van der Waals surface area contributed by atoms with E-state index in [1.807, 2.05) is 19.1 Å². The Morgan fingerprint density at radius 1 is 1.50 bits per heavy atom. The Morgan fingerprint density at radius 2 is 2.08 bits per heavy atom. The van der Waals surface area contributed by atoms with Crippen molar-refractivity contribution in [3.8, 4) is 0 Å².